The van der Waals surface area contributed by atoms with Gasteiger partial charge >= 0.3 is 0 Å². The lowest BCUT2D eigenvalue weighted by Crippen LogP contribution is -2.24. The Morgan fingerprint density at radius 2 is 1.65 bits per heavy atom. The highest BCUT2D eigenvalue weighted by atomic mass is 16.4. The molecule has 7 nitrogen and oxygen atoms in total. The Kier molecular flexibility index (Phi) is 4.22. The SMILES string of the molecule is O=C1Nc2ccccc2/C1=C/c1nc2ccccc2c(=O)n1-c1ccc(C(=O)[O-])cc1. The first kappa shape index (κ1) is 18.5. The smallest absolute Gasteiger partial charge is 0.266 e. The highest BCUT2D eigenvalue weighted by molar-refractivity contribution is 6.34. The van der Waals surface area contributed by atoms with E-state index in [2.05, 4.69) is 10.3 Å². The maximum atomic E-state index is 13.3. The number of aromatic nitrogens is 2. The van der Waals surface area contributed by atoms with Gasteiger partial charge in [0.1, 0.15) is 5.82 Å². The monoisotopic (exact) mass is 408 g/mol. The average Bonchev–Trinajstić information content (AvgIpc) is 3.09. The van der Waals surface area contributed by atoms with Gasteiger partial charge in [0.05, 0.1) is 28.1 Å². The number of rotatable bonds is 3. The summed E-state index contributed by atoms with van der Waals surface area (Å²) in [4.78, 5) is 41.6. The first-order valence-electron chi connectivity index (χ1n) is 9.49. The van der Waals surface area contributed by atoms with Crippen molar-refractivity contribution in [2.24, 2.45) is 0 Å². The lowest BCUT2D eigenvalue weighted by Gasteiger charge is -2.13. The number of benzene rings is 3. The molecule has 4 aromatic rings. The molecule has 0 fully saturated rings. The van der Waals surface area contributed by atoms with E-state index in [1.165, 1.54) is 28.8 Å². The molecule has 3 aromatic carbocycles. The number of carboxylic acids is 1. The normalized spacial score (nSPS) is 13.9. The molecular weight excluding hydrogens is 394 g/mol. The number of hydrogen-bond donors (Lipinski definition) is 1. The number of aromatic carboxylic acids is 1. The van der Waals surface area contributed by atoms with Crippen molar-refractivity contribution in [3.63, 3.8) is 0 Å². The number of nitrogens with zero attached hydrogens (tertiary/aromatic N) is 2. The molecule has 7 heteroatoms. The largest absolute Gasteiger partial charge is 0.545 e. The van der Waals surface area contributed by atoms with E-state index in [1.807, 2.05) is 18.2 Å². The predicted molar refractivity (Wildman–Crippen MR) is 115 cm³/mol. The van der Waals surface area contributed by atoms with Crippen LogP contribution in [0.4, 0.5) is 5.69 Å². The number of para-hydroxylation sites is 2. The molecule has 1 aromatic heterocycles. The maximum Gasteiger partial charge on any atom is 0.266 e. The number of fused-ring (bicyclic) bond motifs is 2. The Labute approximate surface area is 175 Å². The number of hydrogen-bond acceptors (Lipinski definition) is 5. The van der Waals surface area contributed by atoms with Crippen LogP contribution in [0.15, 0.2) is 77.6 Å². The van der Waals surface area contributed by atoms with E-state index >= 15 is 0 Å². The molecule has 150 valence electrons. The van der Waals surface area contributed by atoms with Crippen LogP contribution in [0.5, 0.6) is 0 Å². The molecule has 1 aliphatic rings. The first-order chi connectivity index (χ1) is 15.0. The van der Waals surface area contributed by atoms with E-state index in [1.54, 1.807) is 36.4 Å². The topological polar surface area (TPSA) is 104 Å². The second kappa shape index (κ2) is 7.07. The maximum absolute atomic E-state index is 13.3. The summed E-state index contributed by atoms with van der Waals surface area (Å²) in [5, 5.41) is 14.3. The minimum atomic E-state index is -1.31. The first-order valence-corrected chi connectivity index (χ1v) is 9.49. The van der Waals surface area contributed by atoms with Crippen molar-refractivity contribution in [2.45, 2.75) is 0 Å². The average molecular weight is 408 g/mol. The fourth-order valence-corrected chi connectivity index (χ4v) is 3.65. The Bertz CT molecular complexity index is 1470. The van der Waals surface area contributed by atoms with Crippen LogP contribution in [0.1, 0.15) is 21.7 Å². The van der Waals surface area contributed by atoms with Gasteiger partial charge in [0.15, 0.2) is 0 Å². The predicted octanol–water partition coefficient (Wildman–Crippen LogP) is 2.24. The molecule has 0 saturated heterocycles. The van der Waals surface area contributed by atoms with Crippen LogP contribution in [-0.4, -0.2) is 21.4 Å². The third kappa shape index (κ3) is 3.08. The molecule has 31 heavy (non-hydrogen) atoms. The lowest BCUT2D eigenvalue weighted by atomic mass is 10.1. The van der Waals surface area contributed by atoms with E-state index in [4.69, 9.17) is 0 Å². The van der Waals surface area contributed by atoms with E-state index < -0.39 is 5.97 Å². The van der Waals surface area contributed by atoms with Gasteiger partial charge in [-0.2, -0.15) is 0 Å². The van der Waals surface area contributed by atoms with E-state index in [0.29, 0.717) is 33.4 Å². The van der Waals surface area contributed by atoms with Crippen LogP contribution < -0.4 is 16.0 Å². The van der Waals surface area contributed by atoms with E-state index in [-0.39, 0.29) is 22.9 Å². The van der Waals surface area contributed by atoms with Crippen molar-refractivity contribution in [3.8, 4) is 5.69 Å². The molecule has 0 saturated carbocycles. The van der Waals surface area contributed by atoms with Crippen molar-refractivity contribution in [1.82, 2.24) is 9.55 Å². The highest BCUT2D eigenvalue weighted by Crippen LogP contribution is 2.32. The Hall–Kier alpha value is -4.52. The summed E-state index contributed by atoms with van der Waals surface area (Å²) in [7, 11) is 0. The van der Waals surface area contributed by atoms with Crippen LogP contribution >= 0.6 is 0 Å². The van der Waals surface area contributed by atoms with Crippen molar-refractivity contribution in [2.75, 3.05) is 5.32 Å². The molecular formula is C24H14N3O4-. The number of carbonyl (C=O) groups excluding carboxylic acids is 2. The summed E-state index contributed by atoms with van der Waals surface area (Å²) in [5.41, 5.74) is 2.37. The third-order valence-corrected chi connectivity index (χ3v) is 5.15. The summed E-state index contributed by atoms with van der Waals surface area (Å²) in [6, 6.07) is 19.9. The molecule has 0 spiro atoms. The summed E-state index contributed by atoms with van der Waals surface area (Å²) in [5.74, 6) is -1.34. The molecule has 1 N–H and O–H groups in total. The van der Waals surface area contributed by atoms with Gasteiger partial charge in [0.25, 0.3) is 11.5 Å². The van der Waals surface area contributed by atoms with Gasteiger partial charge in [0, 0.05) is 11.3 Å². The van der Waals surface area contributed by atoms with Crippen LogP contribution in [0.2, 0.25) is 0 Å². The Morgan fingerprint density at radius 3 is 2.42 bits per heavy atom. The number of nitrogens with one attached hydrogen (secondary N) is 1. The van der Waals surface area contributed by atoms with Gasteiger partial charge < -0.3 is 15.2 Å². The molecule has 1 amide bonds. The van der Waals surface area contributed by atoms with E-state index in [0.717, 1.165) is 0 Å². The molecule has 0 bridgehead atoms. The van der Waals surface area contributed by atoms with Crippen molar-refractivity contribution < 1.29 is 14.7 Å². The summed E-state index contributed by atoms with van der Waals surface area (Å²) in [6.45, 7) is 0. The molecule has 0 unspecified atom stereocenters. The van der Waals surface area contributed by atoms with E-state index in [9.17, 15) is 19.5 Å². The van der Waals surface area contributed by atoms with Gasteiger partial charge in [-0.1, -0.05) is 42.5 Å². The van der Waals surface area contributed by atoms with Crippen molar-refractivity contribution >= 4 is 40.1 Å². The molecule has 2 heterocycles. The van der Waals surface area contributed by atoms with Crippen LogP contribution in [0.25, 0.3) is 28.2 Å². The number of carboxylic acid groups (broad SMARTS) is 1. The molecule has 1 aliphatic heterocycles. The lowest BCUT2D eigenvalue weighted by molar-refractivity contribution is -0.255. The number of carbonyl (C=O) groups is 2. The zero-order valence-corrected chi connectivity index (χ0v) is 16.0. The molecule has 5 rings (SSSR count). The van der Waals surface area contributed by atoms with Crippen molar-refractivity contribution in [3.05, 3.63) is 100 Å². The summed E-state index contributed by atoms with van der Waals surface area (Å²) in [6.07, 6.45) is 1.57. The van der Waals surface area contributed by atoms with Crippen molar-refractivity contribution in [1.29, 1.82) is 0 Å². The minimum absolute atomic E-state index is 0.00505. The zero-order valence-electron chi connectivity index (χ0n) is 16.0. The summed E-state index contributed by atoms with van der Waals surface area (Å²) >= 11 is 0. The zero-order chi connectivity index (χ0) is 21.5. The summed E-state index contributed by atoms with van der Waals surface area (Å²) < 4.78 is 1.36. The van der Waals surface area contributed by atoms with Gasteiger partial charge in [-0.25, -0.2) is 4.98 Å². The Morgan fingerprint density at radius 1 is 0.935 bits per heavy atom. The fraction of sp³-hybridized carbons (Fsp3) is 0. The Balaban J connectivity index is 1.78. The molecule has 0 atom stereocenters. The van der Waals surface area contributed by atoms with Gasteiger partial charge in [-0.15, -0.1) is 0 Å². The van der Waals surface area contributed by atoms with Crippen LogP contribution in [-0.2, 0) is 4.79 Å². The third-order valence-electron chi connectivity index (χ3n) is 5.15. The second-order valence-electron chi connectivity index (χ2n) is 7.02. The molecule has 0 radical (unpaired) electrons. The fourth-order valence-electron chi connectivity index (χ4n) is 3.65. The van der Waals surface area contributed by atoms with Gasteiger partial charge in [-0.05, 0) is 42.0 Å². The number of amides is 1. The van der Waals surface area contributed by atoms with Crippen LogP contribution in [0.3, 0.4) is 0 Å². The van der Waals surface area contributed by atoms with Gasteiger partial charge in [-0.3, -0.25) is 14.2 Å². The quantitative estimate of drug-likeness (QED) is 0.524. The molecule has 0 aliphatic carbocycles. The van der Waals surface area contributed by atoms with Gasteiger partial charge in [0.2, 0.25) is 0 Å². The number of anilines is 1. The highest BCUT2D eigenvalue weighted by Gasteiger charge is 2.24. The minimum Gasteiger partial charge on any atom is -0.545 e. The standard InChI is InChI=1S/C24H15N3O4/c28-22-18(16-5-1-3-7-19(16)26-22)13-21-25-20-8-4-2-6-17(20)23(29)27(21)15-11-9-14(10-12-15)24(30)31/h1-13H,(H,26,28)(H,30,31)/p-1/b18-13-. The second-order valence-corrected chi connectivity index (χ2v) is 7.02. The van der Waals surface area contributed by atoms with Crippen LogP contribution in [0, 0.1) is 0 Å².